The van der Waals surface area contributed by atoms with Crippen LogP contribution in [0.5, 0.6) is 0 Å². The van der Waals surface area contributed by atoms with Gasteiger partial charge in [0.2, 0.25) is 0 Å². The third-order valence-corrected chi connectivity index (χ3v) is 4.87. The first-order chi connectivity index (χ1) is 8.50. The molecule has 0 aromatic rings. The molecule has 4 atom stereocenters. The molecule has 2 rings (SSSR count). The van der Waals surface area contributed by atoms with Crippen LogP contribution in [0, 0.1) is 11.8 Å². The molecule has 1 saturated carbocycles. The van der Waals surface area contributed by atoms with Crippen molar-refractivity contribution < 1.29 is 10.2 Å². The first kappa shape index (κ1) is 14.3. The van der Waals surface area contributed by atoms with Gasteiger partial charge in [0.25, 0.3) is 0 Å². The quantitative estimate of drug-likeness (QED) is 0.811. The monoisotopic (exact) mass is 255 g/mol. The van der Waals surface area contributed by atoms with Gasteiger partial charge in [-0.25, -0.2) is 0 Å². The normalized spacial score (nSPS) is 43.0. The SMILES string of the molecule is CCC1CCC(O)C(CN2CCCC(C)(O)C2)C1. The Morgan fingerprint density at radius 1 is 1.33 bits per heavy atom. The highest BCUT2D eigenvalue weighted by molar-refractivity contribution is 4.87. The van der Waals surface area contributed by atoms with Gasteiger partial charge in [-0.3, -0.25) is 0 Å². The molecule has 1 saturated heterocycles. The molecule has 1 aliphatic carbocycles. The number of aliphatic hydroxyl groups is 2. The minimum Gasteiger partial charge on any atom is -0.393 e. The van der Waals surface area contributed by atoms with Gasteiger partial charge in [0.1, 0.15) is 0 Å². The van der Waals surface area contributed by atoms with Gasteiger partial charge in [-0.15, -0.1) is 0 Å². The Morgan fingerprint density at radius 2 is 2.11 bits per heavy atom. The van der Waals surface area contributed by atoms with Gasteiger partial charge in [0, 0.05) is 13.1 Å². The maximum absolute atomic E-state index is 10.2. The summed E-state index contributed by atoms with van der Waals surface area (Å²) in [6.07, 6.45) is 6.41. The number of likely N-dealkylation sites (tertiary alicyclic amines) is 1. The Hall–Kier alpha value is -0.120. The summed E-state index contributed by atoms with van der Waals surface area (Å²) in [4.78, 5) is 2.36. The Labute approximate surface area is 111 Å². The maximum atomic E-state index is 10.2. The van der Waals surface area contributed by atoms with E-state index in [9.17, 15) is 10.2 Å². The summed E-state index contributed by atoms with van der Waals surface area (Å²) in [5, 5.41) is 20.3. The van der Waals surface area contributed by atoms with Crippen LogP contribution in [0.15, 0.2) is 0 Å². The molecule has 1 heterocycles. The molecule has 3 heteroatoms. The van der Waals surface area contributed by atoms with E-state index in [1.165, 1.54) is 12.8 Å². The molecule has 0 amide bonds. The predicted molar refractivity (Wildman–Crippen MR) is 73.4 cm³/mol. The Bertz CT molecular complexity index is 267. The summed E-state index contributed by atoms with van der Waals surface area (Å²) in [6, 6.07) is 0. The summed E-state index contributed by atoms with van der Waals surface area (Å²) in [5.74, 6) is 1.21. The van der Waals surface area contributed by atoms with E-state index in [-0.39, 0.29) is 6.10 Å². The van der Waals surface area contributed by atoms with Crippen molar-refractivity contribution in [1.29, 1.82) is 0 Å². The van der Waals surface area contributed by atoms with Gasteiger partial charge in [0.15, 0.2) is 0 Å². The smallest absolute Gasteiger partial charge is 0.0746 e. The van der Waals surface area contributed by atoms with Crippen molar-refractivity contribution in [3.05, 3.63) is 0 Å². The highest BCUT2D eigenvalue weighted by atomic mass is 16.3. The van der Waals surface area contributed by atoms with Crippen LogP contribution in [-0.4, -0.2) is 46.5 Å². The van der Waals surface area contributed by atoms with Crippen LogP contribution in [0.1, 0.15) is 52.4 Å². The minimum absolute atomic E-state index is 0.125. The molecule has 2 N–H and O–H groups in total. The molecular weight excluding hydrogens is 226 g/mol. The highest BCUT2D eigenvalue weighted by Crippen LogP contribution is 2.33. The van der Waals surface area contributed by atoms with E-state index in [2.05, 4.69) is 11.8 Å². The zero-order valence-corrected chi connectivity index (χ0v) is 11.9. The van der Waals surface area contributed by atoms with Gasteiger partial charge >= 0.3 is 0 Å². The van der Waals surface area contributed by atoms with Crippen molar-refractivity contribution in [2.75, 3.05) is 19.6 Å². The fourth-order valence-corrected chi connectivity index (χ4v) is 3.72. The Morgan fingerprint density at radius 3 is 2.78 bits per heavy atom. The van der Waals surface area contributed by atoms with Crippen LogP contribution in [0.2, 0.25) is 0 Å². The van der Waals surface area contributed by atoms with Crippen LogP contribution < -0.4 is 0 Å². The summed E-state index contributed by atoms with van der Waals surface area (Å²) in [6.45, 7) is 7.01. The third-order valence-electron chi connectivity index (χ3n) is 4.87. The van der Waals surface area contributed by atoms with Crippen molar-refractivity contribution in [3.63, 3.8) is 0 Å². The molecule has 0 aromatic heterocycles. The summed E-state index contributed by atoms with van der Waals surface area (Å²) in [5.41, 5.74) is -0.526. The molecule has 2 fully saturated rings. The van der Waals surface area contributed by atoms with E-state index < -0.39 is 5.60 Å². The average Bonchev–Trinajstić information content (AvgIpc) is 2.31. The number of rotatable bonds is 3. The Balaban J connectivity index is 1.87. The Kier molecular flexibility index (Phi) is 4.68. The van der Waals surface area contributed by atoms with Crippen molar-refractivity contribution in [1.82, 2.24) is 4.90 Å². The maximum Gasteiger partial charge on any atom is 0.0746 e. The number of aliphatic hydroxyl groups excluding tert-OH is 1. The van der Waals surface area contributed by atoms with E-state index in [4.69, 9.17) is 0 Å². The molecule has 4 unspecified atom stereocenters. The van der Waals surface area contributed by atoms with E-state index in [0.29, 0.717) is 5.92 Å². The first-order valence-electron chi connectivity index (χ1n) is 7.63. The van der Waals surface area contributed by atoms with Gasteiger partial charge in [0.05, 0.1) is 11.7 Å². The second-order valence-corrected chi connectivity index (χ2v) is 6.75. The minimum atomic E-state index is -0.526. The van der Waals surface area contributed by atoms with E-state index in [1.807, 2.05) is 6.92 Å². The van der Waals surface area contributed by atoms with Crippen LogP contribution in [-0.2, 0) is 0 Å². The molecule has 0 aromatic carbocycles. The van der Waals surface area contributed by atoms with Crippen LogP contribution in [0.4, 0.5) is 0 Å². The summed E-state index contributed by atoms with van der Waals surface area (Å²) in [7, 11) is 0. The van der Waals surface area contributed by atoms with Crippen LogP contribution in [0.3, 0.4) is 0 Å². The van der Waals surface area contributed by atoms with E-state index in [1.54, 1.807) is 0 Å². The molecular formula is C15H29NO2. The second-order valence-electron chi connectivity index (χ2n) is 6.75. The topological polar surface area (TPSA) is 43.7 Å². The molecule has 1 aliphatic heterocycles. The lowest BCUT2D eigenvalue weighted by molar-refractivity contribution is -0.0371. The second kappa shape index (κ2) is 5.89. The van der Waals surface area contributed by atoms with Crippen molar-refractivity contribution in [2.45, 2.75) is 64.1 Å². The summed E-state index contributed by atoms with van der Waals surface area (Å²) >= 11 is 0. The lowest BCUT2D eigenvalue weighted by Crippen LogP contribution is -2.49. The fraction of sp³-hybridized carbons (Fsp3) is 1.00. The van der Waals surface area contributed by atoms with Gasteiger partial charge in [-0.2, -0.15) is 0 Å². The van der Waals surface area contributed by atoms with E-state index >= 15 is 0 Å². The molecule has 0 bridgehead atoms. The molecule has 0 spiro atoms. The van der Waals surface area contributed by atoms with Gasteiger partial charge in [-0.05, 0) is 57.4 Å². The zero-order valence-electron chi connectivity index (χ0n) is 11.9. The first-order valence-corrected chi connectivity index (χ1v) is 7.63. The summed E-state index contributed by atoms with van der Waals surface area (Å²) < 4.78 is 0. The lowest BCUT2D eigenvalue weighted by atomic mass is 9.78. The molecule has 3 nitrogen and oxygen atoms in total. The molecule has 18 heavy (non-hydrogen) atoms. The predicted octanol–water partition coefficient (Wildman–Crippen LogP) is 2.02. The van der Waals surface area contributed by atoms with Crippen molar-refractivity contribution in [3.8, 4) is 0 Å². The van der Waals surface area contributed by atoms with Gasteiger partial charge < -0.3 is 15.1 Å². The number of piperidine rings is 1. The number of hydrogen-bond acceptors (Lipinski definition) is 3. The van der Waals surface area contributed by atoms with Crippen LogP contribution >= 0.6 is 0 Å². The van der Waals surface area contributed by atoms with Crippen LogP contribution in [0.25, 0.3) is 0 Å². The number of nitrogens with zero attached hydrogens (tertiary/aromatic N) is 1. The van der Waals surface area contributed by atoms with Gasteiger partial charge in [-0.1, -0.05) is 13.3 Å². The molecule has 0 radical (unpaired) electrons. The zero-order chi connectivity index (χ0) is 13.2. The average molecular weight is 255 g/mol. The van der Waals surface area contributed by atoms with Crippen molar-refractivity contribution in [2.24, 2.45) is 11.8 Å². The standard InChI is InChI=1S/C15H29NO2/c1-3-12-5-6-14(17)13(9-12)10-16-8-4-7-15(2,18)11-16/h12-14,17-18H,3-11H2,1-2H3. The molecule has 2 aliphatic rings. The number of hydrogen-bond donors (Lipinski definition) is 2. The third kappa shape index (κ3) is 3.69. The van der Waals surface area contributed by atoms with Crippen molar-refractivity contribution >= 4 is 0 Å². The lowest BCUT2D eigenvalue weighted by Gasteiger charge is -2.41. The largest absolute Gasteiger partial charge is 0.393 e. The van der Waals surface area contributed by atoms with E-state index in [0.717, 1.165) is 51.2 Å². The number of β-amino-alcohol motifs (C(OH)–C–C–N with tert-alkyl or cyclic N) is 1. The fourth-order valence-electron chi connectivity index (χ4n) is 3.72. The highest BCUT2D eigenvalue weighted by Gasteiger charge is 2.33. The molecule has 106 valence electrons.